The molecule has 3 N–H and O–H groups in total. The number of ether oxygens (including phenoxy) is 2. The van der Waals surface area contributed by atoms with Gasteiger partial charge in [-0.15, -0.1) is 11.3 Å². The Hall–Kier alpha value is -2.01. The zero-order chi connectivity index (χ0) is 24.5. The lowest BCUT2D eigenvalue weighted by Gasteiger charge is -2.29. The van der Waals surface area contributed by atoms with Crippen molar-refractivity contribution in [3.63, 3.8) is 0 Å². The number of carbonyl (C=O) groups is 3. The highest BCUT2D eigenvalue weighted by atomic mass is 32.1. The molecule has 1 aliphatic heterocycles. The summed E-state index contributed by atoms with van der Waals surface area (Å²) in [6.45, 7) is 2.23. The highest BCUT2D eigenvalue weighted by molar-refractivity contribution is 7.12. The van der Waals surface area contributed by atoms with Crippen molar-refractivity contribution in [2.24, 2.45) is 17.6 Å². The maximum atomic E-state index is 13.2. The van der Waals surface area contributed by atoms with E-state index >= 15 is 0 Å². The summed E-state index contributed by atoms with van der Waals surface area (Å²) in [5, 5.41) is 4.95. The third-order valence-electron chi connectivity index (χ3n) is 6.93. The van der Waals surface area contributed by atoms with E-state index < -0.39 is 6.04 Å². The van der Waals surface area contributed by atoms with Gasteiger partial charge in [-0.05, 0) is 55.5 Å². The Kier molecular flexibility index (Phi) is 10.3. The van der Waals surface area contributed by atoms with Gasteiger partial charge in [0.2, 0.25) is 11.8 Å². The number of hydrogen-bond acceptors (Lipinski definition) is 7. The molecule has 4 atom stereocenters. The van der Waals surface area contributed by atoms with E-state index in [1.165, 1.54) is 18.4 Å². The molecule has 9 nitrogen and oxygen atoms in total. The quantitative estimate of drug-likeness (QED) is 0.480. The number of nitrogens with one attached hydrogen (secondary N) is 1. The van der Waals surface area contributed by atoms with Crippen LogP contribution in [0.5, 0.6) is 0 Å². The lowest BCUT2D eigenvalue weighted by Crippen LogP contribution is -2.48. The van der Waals surface area contributed by atoms with Crippen LogP contribution >= 0.6 is 11.3 Å². The first-order chi connectivity index (χ1) is 16.5. The summed E-state index contributed by atoms with van der Waals surface area (Å²) in [6.07, 6.45) is 4.77. The van der Waals surface area contributed by atoms with Gasteiger partial charge in [-0.25, -0.2) is 0 Å². The summed E-state index contributed by atoms with van der Waals surface area (Å²) < 4.78 is 10.3. The topological polar surface area (TPSA) is 114 Å². The molecule has 1 aromatic heterocycles. The van der Waals surface area contributed by atoms with Crippen molar-refractivity contribution in [1.82, 2.24) is 15.1 Å². The van der Waals surface area contributed by atoms with Gasteiger partial charge in [0.25, 0.3) is 5.91 Å². The number of nitrogens with zero attached hydrogens (tertiary/aromatic N) is 2. The monoisotopic (exact) mass is 494 g/mol. The van der Waals surface area contributed by atoms with Crippen molar-refractivity contribution in [3.05, 3.63) is 22.4 Å². The van der Waals surface area contributed by atoms with Gasteiger partial charge < -0.3 is 30.3 Å². The first-order valence-corrected chi connectivity index (χ1v) is 13.0. The molecule has 1 aromatic rings. The van der Waals surface area contributed by atoms with E-state index in [-0.39, 0.29) is 30.4 Å². The van der Waals surface area contributed by atoms with Crippen molar-refractivity contribution < 1.29 is 23.9 Å². The van der Waals surface area contributed by atoms with Gasteiger partial charge >= 0.3 is 0 Å². The zero-order valence-electron chi connectivity index (χ0n) is 20.2. The molecule has 2 aliphatic rings. The van der Waals surface area contributed by atoms with Crippen LogP contribution < -0.4 is 11.1 Å². The molecule has 190 valence electrons. The van der Waals surface area contributed by atoms with E-state index in [1.807, 2.05) is 11.4 Å². The van der Waals surface area contributed by atoms with Crippen molar-refractivity contribution >= 4 is 29.1 Å². The summed E-state index contributed by atoms with van der Waals surface area (Å²) >= 11 is 1.38. The van der Waals surface area contributed by atoms with Crippen molar-refractivity contribution in [3.8, 4) is 0 Å². The molecule has 2 fully saturated rings. The van der Waals surface area contributed by atoms with E-state index in [0.29, 0.717) is 55.9 Å². The third kappa shape index (κ3) is 6.78. The van der Waals surface area contributed by atoms with Crippen LogP contribution in [0.3, 0.4) is 0 Å². The zero-order valence-corrected chi connectivity index (χ0v) is 21.1. The van der Waals surface area contributed by atoms with Crippen LogP contribution in [-0.4, -0.2) is 93.2 Å². The largest absolute Gasteiger partial charge is 0.383 e. The van der Waals surface area contributed by atoms with Gasteiger partial charge in [-0.3, -0.25) is 14.4 Å². The highest BCUT2D eigenvalue weighted by Crippen LogP contribution is 2.29. The smallest absolute Gasteiger partial charge is 0.264 e. The Morgan fingerprint density at radius 3 is 2.68 bits per heavy atom. The predicted octanol–water partition coefficient (Wildman–Crippen LogP) is 1.33. The number of likely N-dealkylation sites (tertiary alicyclic amines) is 1. The molecule has 1 saturated heterocycles. The average Bonchev–Trinajstić information content (AvgIpc) is 3.54. The van der Waals surface area contributed by atoms with Gasteiger partial charge in [-0.1, -0.05) is 12.5 Å². The van der Waals surface area contributed by atoms with E-state index in [4.69, 9.17) is 15.2 Å². The highest BCUT2D eigenvalue weighted by Gasteiger charge is 2.43. The molecule has 3 amide bonds. The molecule has 1 aliphatic carbocycles. The second kappa shape index (κ2) is 13.2. The number of amides is 3. The van der Waals surface area contributed by atoms with E-state index in [2.05, 4.69) is 5.32 Å². The molecule has 0 bridgehead atoms. The molecular formula is C24H38N4O5S. The summed E-state index contributed by atoms with van der Waals surface area (Å²) in [5.74, 6) is 0.403. The van der Waals surface area contributed by atoms with Crippen LogP contribution in [-0.2, 0) is 19.1 Å². The average molecular weight is 495 g/mol. The lowest BCUT2D eigenvalue weighted by atomic mass is 9.81. The summed E-state index contributed by atoms with van der Waals surface area (Å²) in [6, 6.07) is 2.71. The second-order valence-electron chi connectivity index (χ2n) is 9.23. The minimum atomic E-state index is -0.636. The van der Waals surface area contributed by atoms with Crippen molar-refractivity contribution in [2.45, 2.75) is 44.2 Å². The minimum Gasteiger partial charge on any atom is -0.383 e. The molecule has 0 aromatic carbocycles. The number of rotatable bonds is 11. The molecule has 3 rings (SSSR count). The molecule has 0 spiro atoms. The van der Waals surface area contributed by atoms with Crippen LogP contribution in [0.2, 0.25) is 0 Å². The van der Waals surface area contributed by atoms with Crippen LogP contribution in [0.15, 0.2) is 17.5 Å². The number of methoxy groups -OCH3 is 2. The van der Waals surface area contributed by atoms with Crippen molar-refractivity contribution in [1.29, 1.82) is 0 Å². The lowest BCUT2D eigenvalue weighted by molar-refractivity contribution is -0.141. The molecule has 4 unspecified atom stereocenters. The minimum absolute atomic E-state index is 0.103. The molecule has 10 heteroatoms. The van der Waals surface area contributed by atoms with E-state index in [9.17, 15) is 14.4 Å². The Labute approximate surface area is 205 Å². The SMILES string of the molecule is COCCN(C(=O)c1cccs1)C1CC(C(=O)NCC2CCCC(CN)C2)N(C(=O)COC)C1. The fraction of sp³-hybridized carbons (Fsp3) is 0.708. The Balaban J connectivity index is 1.70. The summed E-state index contributed by atoms with van der Waals surface area (Å²) in [4.78, 5) is 43.2. The predicted molar refractivity (Wildman–Crippen MR) is 131 cm³/mol. The number of thiophene rings is 1. The molecule has 0 radical (unpaired) electrons. The second-order valence-corrected chi connectivity index (χ2v) is 10.2. The fourth-order valence-corrected chi connectivity index (χ4v) is 5.80. The van der Waals surface area contributed by atoms with E-state index in [1.54, 1.807) is 23.0 Å². The van der Waals surface area contributed by atoms with Crippen LogP contribution in [0.25, 0.3) is 0 Å². The molecular weight excluding hydrogens is 456 g/mol. The van der Waals surface area contributed by atoms with Crippen LogP contribution in [0.4, 0.5) is 0 Å². The first kappa shape index (κ1) is 26.6. The van der Waals surface area contributed by atoms with Gasteiger partial charge in [0, 0.05) is 33.9 Å². The Morgan fingerprint density at radius 2 is 2.00 bits per heavy atom. The molecule has 2 heterocycles. The Morgan fingerprint density at radius 1 is 1.21 bits per heavy atom. The number of nitrogens with two attached hydrogens (primary N) is 1. The van der Waals surface area contributed by atoms with Gasteiger partial charge in [-0.2, -0.15) is 0 Å². The fourth-order valence-electron chi connectivity index (χ4n) is 5.12. The molecule has 34 heavy (non-hydrogen) atoms. The maximum absolute atomic E-state index is 13.2. The summed E-state index contributed by atoms with van der Waals surface area (Å²) in [7, 11) is 3.05. The number of hydrogen-bond donors (Lipinski definition) is 2. The normalized spacial score (nSPS) is 24.7. The maximum Gasteiger partial charge on any atom is 0.264 e. The summed E-state index contributed by atoms with van der Waals surface area (Å²) in [5.41, 5.74) is 5.86. The standard InChI is InChI=1S/C24H38N4O5S/c1-32-9-8-27(24(31)21-7-4-10-34-21)19-12-20(28(15-19)22(29)16-33-2)23(30)26-14-18-6-3-5-17(11-18)13-25/h4,7,10,17-20H,3,5-6,8-9,11-16,25H2,1-2H3,(H,26,30). The van der Waals surface area contributed by atoms with Gasteiger partial charge in [0.15, 0.2) is 0 Å². The van der Waals surface area contributed by atoms with Crippen LogP contribution in [0, 0.1) is 11.8 Å². The third-order valence-corrected chi connectivity index (χ3v) is 7.79. The van der Waals surface area contributed by atoms with Crippen LogP contribution in [0.1, 0.15) is 41.8 Å². The van der Waals surface area contributed by atoms with Gasteiger partial charge in [0.1, 0.15) is 12.6 Å². The van der Waals surface area contributed by atoms with E-state index in [0.717, 1.165) is 25.7 Å². The van der Waals surface area contributed by atoms with Crippen molar-refractivity contribution in [2.75, 3.05) is 53.6 Å². The number of carbonyl (C=O) groups excluding carboxylic acids is 3. The first-order valence-electron chi connectivity index (χ1n) is 12.1. The van der Waals surface area contributed by atoms with Gasteiger partial charge in [0.05, 0.1) is 17.5 Å². The Bertz CT molecular complexity index is 805. The molecule has 1 saturated carbocycles.